The molecule has 0 amide bonds. The van der Waals surface area contributed by atoms with E-state index in [4.69, 9.17) is 11.6 Å². The number of rotatable bonds is 5. The van der Waals surface area contributed by atoms with E-state index in [1.807, 2.05) is 19.1 Å². The second-order valence-electron chi connectivity index (χ2n) is 8.27. The van der Waals surface area contributed by atoms with E-state index in [9.17, 15) is 10.2 Å². The first kappa shape index (κ1) is 24.0. The second kappa shape index (κ2) is 9.36. The van der Waals surface area contributed by atoms with Crippen LogP contribution in [0.3, 0.4) is 0 Å². The quantitative estimate of drug-likeness (QED) is 0.335. The highest BCUT2D eigenvalue weighted by Crippen LogP contribution is 2.32. The van der Waals surface area contributed by atoms with Crippen molar-refractivity contribution in [2.75, 3.05) is 29.9 Å². The van der Waals surface area contributed by atoms with Crippen LogP contribution in [0, 0.1) is 18.6 Å². The summed E-state index contributed by atoms with van der Waals surface area (Å²) in [7, 11) is 0. The lowest BCUT2D eigenvalue weighted by atomic mass is 10.1. The Morgan fingerprint density at radius 1 is 1.09 bits per heavy atom. The summed E-state index contributed by atoms with van der Waals surface area (Å²) in [5.41, 5.74) is 1.39. The van der Waals surface area contributed by atoms with Crippen LogP contribution in [0.25, 0.3) is 16.7 Å². The zero-order chi connectivity index (χ0) is 24.7. The van der Waals surface area contributed by atoms with Crippen LogP contribution in [-0.4, -0.2) is 54.2 Å². The number of benzene rings is 2. The zero-order valence-corrected chi connectivity index (χ0v) is 20.2. The zero-order valence-electron chi connectivity index (χ0n) is 18.7. The van der Waals surface area contributed by atoms with Gasteiger partial charge in [-0.3, -0.25) is 0 Å². The Morgan fingerprint density at radius 3 is 2.49 bits per heavy atom. The molecule has 7 nitrogen and oxygen atoms in total. The third-order valence-electron chi connectivity index (χ3n) is 5.95. The normalized spacial score (nSPS) is 15.0. The Hall–Kier alpha value is -2.76. The molecule has 0 radical (unpaired) electrons. The summed E-state index contributed by atoms with van der Waals surface area (Å²) in [5.74, 6) is -3.31. The molecule has 1 aliphatic heterocycles. The molecule has 4 aromatic rings. The van der Waals surface area contributed by atoms with Gasteiger partial charge in [-0.05, 0) is 42.8 Å². The van der Waals surface area contributed by atoms with Crippen molar-refractivity contribution in [3.05, 3.63) is 76.6 Å². The molecule has 1 aliphatic rings. The van der Waals surface area contributed by atoms with Crippen LogP contribution in [0.1, 0.15) is 11.1 Å². The van der Waals surface area contributed by atoms with Gasteiger partial charge in [-0.25, -0.2) is 18.7 Å². The fraction of sp³-hybridized carbons (Fsp3) is 0.250. The number of hydrogen-bond acceptors (Lipinski definition) is 7. The number of aromatic nitrogens is 3. The van der Waals surface area contributed by atoms with Crippen molar-refractivity contribution in [2.24, 2.45) is 0 Å². The van der Waals surface area contributed by atoms with Crippen LogP contribution in [0.4, 0.5) is 20.4 Å². The number of hydrogen-bond donors (Lipinski definition) is 3. The van der Waals surface area contributed by atoms with Gasteiger partial charge in [0.15, 0.2) is 0 Å². The average Bonchev–Trinajstić information content (AvgIpc) is 3.25. The monoisotopic (exact) mass is 517 g/mol. The molecule has 0 aliphatic carbocycles. The van der Waals surface area contributed by atoms with E-state index in [2.05, 4.69) is 15.3 Å². The Kier molecular flexibility index (Phi) is 6.41. The number of halogens is 3. The summed E-state index contributed by atoms with van der Waals surface area (Å²) in [5, 5.41) is 25.6. The first-order chi connectivity index (χ1) is 16.7. The van der Waals surface area contributed by atoms with E-state index >= 15 is 8.78 Å². The number of aryl methyl sites for hydroxylation is 1. The van der Waals surface area contributed by atoms with Gasteiger partial charge in [0, 0.05) is 53.1 Å². The molecular weight excluding hydrogens is 496 g/mol. The number of anilines is 2. The summed E-state index contributed by atoms with van der Waals surface area (Å²) in [6, 6.07) is 9.31. The predicted octanol–water partition coefficient (Wildman–Crippen LogP) is 4.55. The summed E-state index contributed by atoms with van der Waals surface area (Å²) in [6.07, 6.45) is 3.21. The van der Waals surface area contributed by atoms with Crippen molar-refractivity contribution < 1.29 is 19.0 Å². The topological polar surface area (TPSA) is 86.4 Å². The van der Waals surface area contributed by atoms with E-state index < -0.39 is 23.1 Å². The SMILES string of the molecule is Cc1ccc(Nc2ncc3ccn(-c4cc(F)c(C(O)(O)N5CCSCC5)c(F)c4)c3n2)cc1Cl. The largest absolute Gasteiger partial charge is 0.349 e. The maximum Gasteiger partial charge on any atom is 0.259 e. The lowest BCUT2D eigenvalue weighted by Crippen LogP contribution is -2.51. The number of fused-ring (bicyclic) bond motifs is 1. The lowest BCUT2D eigenvalue weighted by Gasteiger charge is -2.37. The standard InChI is InChI=1S/C24H22ClF2N5O2S/c1-14-2-3-16(10-18(14)25)29-23-28-13-15-4-5-32(22(15)30-23)17-11-19(26)21(20(27)12-17)24(33,34)31-6-8-35-9-7-31/h2-5,10-13,33-34H,6-9H2,1H3,(H,28,29,30). The van der Waals surface area contributed by atoms with Crippen LogP contribution in [0.2, 0.25) is 5.02 Å². The average molecular weight is 518 g/mol. The van der Waals surface area contributed by atoms with Gasteiger partial charge >= 0.3 is 0 Å². The van der Waals surface area contributed by atoms with Gasteiger partial charge in [-0.15, -0.1) is 0 Å². The van der Waals surface area contributed by atoms with Gasteiger partial charge in [-0.1, -0.05) is 17.7 Å². The Labute approximate surface area is 209 Å². The van der Waals surface area contributed by atoms with Crippen molar-refractivity contribution >= 4 is 46.0 Å². The van der Waals surface area contributed by atoms with Gasteiger partial charge in [0.2, 0.25) is 5.95 Å². The second-order valence-corrected chi connectivity index (χ2v) is 9.90. The molecule has 182 valence electrons. The van der Waals surface area contributed by atoms with Crippen molar-refractivity contribution in [1.29, 1.82) is 0 Å². The van der Waals surface area contributed by atoms with E-state index in [0.717, 1.165) is 17.7 Å². The third-order valence-corrected chi connectivity index (χ3v) is 7.30. The van der Waals surface area contributed by atoms with Gasteiger partial charge in [0.05, 0.1) is 11.3 Å². The van der Waals surface area contributed by atoms with Crippen LogP contribution < -0.4 is 5.32 Å². The molecule has 0 saturated carbocycles. The van der Waals surface area contributed by atoms with Crippen molar-refractivity contribution in [1.82, 2.24) is 19.4 Å². The van der Waals surface area contributed by atoms with Gasteiger partial charge in [0.25, 0.3) is 5.91 Å². The first-order valence-corrected chi connectivity index (χ1v) is 12.4. The van der Waals surface area contributed by atoms with Gasteiger partial charge in [-0.2, -0.15) is 16.7 Å². The maximum absolute atomic E-state index is 15.1. The molecule has 5 rings (SSSR count). The third kappa shape index (κ3) is 4.60. The molecule has 2 aromatic carbocycles. The van der Waals surface area contributed by atoms with E-state index in [0.29, 0.717) is 46.3 Å². The van der Waals surface area contributed by atoms with E-state index in [1.54, 1.807) is 36.3 Å². The molecule has 11 heteroatoms. The van der Waals surface area contributed by atoms with Crippen LogP contribution in [0.5, 0.6) is 0 Å². The smallest absolute Gasteiger partial charge is 0.259 e. The minimum atomic E-state index is -2.75. The lowest BCUT2D eigenvalue weighted by molar-refractivity contribution is -0.276. The molecule has 0 unspecified atom stereocenters. The maximum atomic E-state index is 15.1. The first-order valence-electron chi connectivity index (χ1n) is 10.9. The fourth-order valence-corrected chi connectivity index (χ4v) is 5.12. The summed E-state index contributed by atoms with van der Waals surface area (Å²) < 4.78 is 31.8. The summed E-state index contributed by atoms with van der Waals surface area (Å²) >= 11 is 7.84. The molecule has 0 atom stereocenters. The molecular formula is C24H22ClF2N5O2S. The molecule has 1 saturated heterocycles. The predicted molar refractivity (Wildman–Crippen MR) is 133 cm³/mol. The van der Waals surface area contributed by atoms with Crippen molar-refractivity contribution in [3.63, 3.8) is 0 Å². The molecule has 2 aromatic heterocycles. The summed E-state index contributed by atoms with van der Waals surface area (Å²) in [6.45, 7) is 2.51. The minimum Gasteiger partial charge on any atom is -0.349 e. The van der Waals surface area contributed by atoms with Crippen LogP contribution in [-0.2, 0) is 5.91 Å². The molecule has 1 fully saturated rings. The summed E-state index contributed by atoms with van der Waals surface area (Å²) in [4.78, 5) is 10.1. The number of nitrogens with zero attached hydrogens (tertiary/aromatic N) is 4. The van der Waals surface area contributed by atoms with Gasteiger partial charge < -0.3 is 20.1 Å². The Balaban J connectivity index is 1.50. The highest BCUT2D eigenvalue weighted by molar-refractivity contribution is 7.99. The molecule has 0 bridgehead atoms. The van der Waals surface area contributed by atoms with Crippen LogP contribution >= 0.6 is 23.4 Å². The number of nitrogens with one attached hydrogen (secondary N) is 1. The Bertz CT molecular complexity index is 1390. The Morgan fingerprint density at radius 2 is 1.80 bits per heavy atom. The number of thioether (sulfide) groups is 1. The van der Waals surface area contributed by atoms with Crippen molar-refractivity contribution in [2.45, 2.75) is 12.8 Å². The highest BCUT2D eigenvalue weighted by Gasteiger charge is 2.40. The number of aliphatic hydroxyl groups is 2. The molecule has 3 heterocycles. The molecule has 35 heavy (non-hydrogen) atoms. The fourth-order valence-electron chi connectivity index (χ4n) is 4.04. The highest BCUT2D eigenvalue weighted by atomic mass is 35.5. The molecule has 0 spiro atoms. The van der Waals surface area contributed by atoms with Crippen LogP contribution in [0.15, 0.2) is 48.8 Å². The van der Waals surface area contributed by atoms with E-state index in [1.165, 1.54) is 9.47 Å². The van der Waals surface area contributed by atoms with E-state index in [-0.39, 0.29) is 11.6 Å². The minimum absolute atomic E-state index is 0.145. The molecule has 3 N–H and O–H groups in total. The van der Waals surface area contributed by atoms with Crippen molar-refractivity contribution in [3.8, 4) is 5.69 Å². The van der Waals surface area contributed by atoms with Gasteiger partial charge in [0.1, 0.15) is 17.3 Å².